The van der Waals surface area contributed by atoms with Crippen molar-refractivity contribution < 1.29 is 4.42 Å². The van der Waals surface area contributed by atoms with E-state index in [0.29, 0.717) is 0 Å². The van der Waals surface area contributed by atoms with Gasteiger partial charge in [0.25, 0.3) is 0 Å². The lowest BCUT2D eigenvalue weighted by molar-refractivity contribution is 0.0230. The van der Waals surface area contributed by atoms with Gasteiger partial charge in [0.15, 0.2) is 0 Å². The predicted octanol–water partition coefficient (Wildman–Crippen LogP) is 2.57. The zero-order valence-electron chi connectivity index (χ0n) is 8.58. The molecule has 1 aliphatic rings. The molecule has 0 aliphatic carbocycles. The maximum atomic E-state index is 5.43. The SMILES string of the molecule is Cc1ccoc1CN1C(C)CC1C. The van der Waals surface area contributed by atoms with Crippen molar-refractivity contribution in [3.05, 3.63) is 23.7 Å². The second-order valence-corrected chi connectivity index (χ2v) is 4.13. The van der Waals surface area contributed by atoms with Crippen LogP contribution in [-0.4, -0.2) is 17.0 Å². The third kappa shape index (κ3) is 1.51. The van der Waals surface area contributed by atoms with Gasteiger partial charge in [-0.15, -0.1) is 0 Å². The van der Waals surface area contributed by atoms with E-state index >= 15 is 0 Å². The van der Waals surface area contributed by atoms with E-state index in [0.717, 1.165) is 24.4 Å². The van der Waals surface area contributed by atoms with Crippen LogP contribution < -0.4 is 0 Å². The Morgan fingerprint density at radius 3 is 2.62 bits per heavy atom. The zero-order valence-corrected chi connectivity index (χ0v) is 8.58. The highest BCUT2D eigenvalue weighted by Crippen LogP contribution is 2.27. The van der Waals surface area contributed by atoms with E-state index in [9.17, 15) is 0 Å². The van der Waals surface area contributed by atoms with Crippen LogP contribution >= 0.6 is 0 Å². The molecular weight excluding hydrogens is 162 g/mol. The molecule has 2 atom stereocenters. The van der Waals surface area contributed by atoms with Crippen LogP contribution in [0.15, 0.2) is 16.7 Å². The van der Waals surface area contributed by atoms with Crippen molar-refractivity contribution in [1.29, 1.82) is 0 Å². The lowest BCUT2D eigenvalue weighted by Crippen LogP contribution is -2.51. The summed E-state index contributed by atoms with van der Waals surface area (Å²) in [5, 5.41) is 0. The van der Waals surface area contributed by atoms with Gasteiger partial charge in [0.05, 0.1) is 12.8 Å². The average molecular weight is 179 g/mol. The summed E-state index contributed by atoms with van der Waals surface area (Å²) >= 11 is 0. The van der Waals surface area contributed by atoms with E-state index in [1.807, 2.05) is 6.07 Å². The molecule has 2 heteroatoms. The van der Waals surface area contributed by atoms with Gasteiger partial charge in [-0.3, -0.25) is 4.90 Å². The van der Waals surface area contributed by atoms with Crippen LogP contribution in [0, 0.1) is 6.92 Å². The van der Waals surface area contributed by atoms with Crippen molar-refractivity contribution in [1.82, 2.24) is 4.90 Å². The standard InChI is InChI=1S/C11H17NO/c1-8-4-5-13-11(8)7-12-9(2)6-10(12)3/h4-5,9-10H,6-7H2,1-3H3. The monoisotopic (exact) mass is 179 g/mol. The minimum absolute atomic E-state index is 0.722. The quantitative estimate of drug-likeness (QED) is 0.693. The Balaban J connectivity index is 2.02. The molecule has 0 saturated carbocycles. The van der Waals surface area contributed by atoms with Gasteiger partial charge in [0.2, 0.25) is 0 Å². The van der Waals surface area contributed by atoms with Crippen molar-refractivity contribution in [2.24, 2.45) is 0 Å². The number of hydrogen-bond acceptors (Lipinski definition) is 2. The molecule has 1 aromatic heterocycles. The first-order chi connectivity index (χ1) is 6.18. The third-order valence-electron chi connectivity index (χ3n) is 3.11. The number of furan rings is 1. The molecule has 0 aromatic carbocycles. The lowest BCUT2D eigenvalue weighted by Gasteiger charge is -2.45. The highest BCUT2D eigenvalue weighted by molar-refractivity contribution is 5.15. The first-order valence-electron chi connectivity index (χ1n) is 4.97. The van der Waals surface area contributed by atoms with Gasteiger partial charge in [-0.1, -0.05) is 0 Å². The van der Waals surface area contributed by atoms with Gasteiger partial charge in [-0.2, -0.15) is 0 Å². The normalized spacial score (nSPS) is 28.8. The Kier molecular flexibility index (Phi) is 2.16. The molecule has 0 N–H and O–H groups in total. The summed E-state index contributed by atoms with van der Waals surface area (Å²) in [6.07, 6.45) is 3.10. The first-order valence-corrected chi connectivity index (χ1v) is 4.97. The van der Waals surface area contributed by atoms with Gasteiger partial charge in [-0.05, 0) is 38.8 Å². The number of nitrogens with zero attached hydrogens (tertiary/aromatic N) is 1. The molecule has 1 aromatic rings. The number of aryl methyl sites for hydroxylation is 1. The maximum absolute atomic E-state index is 5.43. The molecule has 0 radical (unpaired) electrons. The number of rotatable bonds is 2. The van der Waals surface area contributed by atoms with E-state index in [2.05, 4.69) is 25.7 Å². The molecule has 2 rings (SSSR count). The van der Waals surface area contributed by atoms with E-state index in [-0.39, 0.29) is 0 Å². The highest BCUT2D eigenvalue weighted by atomic mass is 16.3. The van der Waals surface area contributed by atoms with Crippen LogP contribution in [0.1, 0.15) is 31.6 Å². The van der Waals surface area contributed by atoms with Gasteiger partial charge < -0.3 is 4.42 Å². The lowest BCUT2D eigenvalue weighted by atomic mass is 9.95. The average Bonchev–Trinajstić information content (AvgIpc) is 2.48. The Morgan fingerprint density at radius 2 is 2.15 bits per heavy atom. The first kappa shape index (κ1) is 8.82. The minimum atomic E-state index is 0.722. The zero-order chi connectivity index (χ0) is 9.42. The fourth-order valence-electron chi connectivity index (χ4n) is 2.10. The van der Waals surface area contributed by atoms with Crippen molar-refractivity contribution in [2.75, 3.05) is 0 Å². The molecule has 0 amide bonds. The summed E-state index contributed by atoms with van der Waals surface area (Å²) in [6, 6.07) is 3.48. The molecule has 2 nitrogen and oxygen atoms in total. The molecular formula is C11H17NO. The van der Waals surface area contributed by atoms with Crippen LogP contribution in [0.4, 0.5) is 0 Å². The Labute approximate surface area is 79.5 Å². The molecule has 13 heavy (non-hydrogen) atoms. The van der Waals surface area contributed by atoms with Gasteiger partial charge in [0, 0.05) is 12.1 Å². The Hall–Kier alpha value is -0.760. The topological polar surface area (TPSA) is 16.4 Å². The highest BCUT2D eigenvalue weighted by Gasteiger charge is 2.32. The van der Waals surface area contributed by atoms with Crippen molar-refractivity contribution >= 4 is 0 Å². The van der Waals surface area contributed by atoms with Crippen LogP contribution in [0.3, 0.4) is 0 Å². The van der Waals surface area contributed by atoms with Crippen molar-refractivity contribution in [3.63, 3.8) is 0 Å². The smallest absolute Gasteiger partial charge is 0.120 e. The fourth-order valence-corrected chi connectivity index (χ4v) is 2.10. The summed E-state index contributed by atoms with van der Waals surface area (Å²) in [6.45, 7) is 7.63. The summed E-state index contributed by atoms with van der Waals surface area (Å²) in [4.78, 5) is 2.48. The van der Waals surface area contributed by atoms with E-state index in [1.54, 1.807) is 6.26 Å². The molecule has 2 unspecified atom stereocenters. The molecule has 0 bridgehead atoms. The molecule has 1 fully saturated rings. The van der Waals surface area contributed by atoms with Gasteiger partial charge in [0.1, 0.15) is 5.76 Å². The minimum Gasteiger partial charge on any atom is -0.468 e. The third-order valence-corrected chi connectivity index (χ3v) is 3.11. The molecule has 2 heterocycles. The number of likely N-dealkylation sites (tertiary alicyclic amines) is 1. The predicted molar refractivity (Wildman–Crippen MR) is 52.5 cm³/mol. The second-order valence-electron chi connectivity index (χ2n) is 4.13. The molecule has 72 valence electrons. The number of hydrogen-bond donors (Lipinski definition) is 0. The van der Waals surface area contributed by atoms with E-state index in [4.69, 9.17) is 4.42 Å². The van der Waals surface area contributed by atoms with Crippen LogP contribution in [-0.2, 0) is 6.54 Å². The van der Waals surface area contributed by atoms with Gasteiger partial charge in [-0.25, -0.2) is 0 Å². The summed E-state index contributed by atoms with van der Waals surface area (Å²) in [5.74, 6) is 1.12. The molecule has 0 spiro atoms. The molecule has 1 saturated heterocycles. The van der Waals surface area contributed by atoms with E-state index < -0.39 is 0 Å². The van der Waals surface area contributed by atoms with Gasteiger partial charge >= 0.3 is 0 Å². The molecule has 1 aliphatic heterocycles. The van der Waals surface area contributed by atoms with E-state index in [1.165, 1.54) is 12.0 Å². The fraction of sp³-hybridized carbons (Fsp3) is 0.636. The Bertz CT molecular complexity index is 284. The van der Waals surface area contributed by atoms with Crippen LogP contribution in [0.2, 0.25) is 0 Å². The van der Waals surface area contributed by atoms with Crippen molar-refractivity contribution in [2.45, 2.75) is 45.8 Å². The second kappa shape index (κ2) is 3.18. The Morgan fingerprint density at radius 1 is 1.46 bits per heavy atom. The van der Waals surface area contributed by atoms with Crippen LogP contribution in [0.25, 0.3) is 0 Å². The van der Waals surface area contributed by atoms with Crippen molar-refractivity contribution in [3.8, 4) is 0 Å². The maximum Gasteiger partial charge on any atom is 0.120 e. The largest absolute Gasteiger partial charge is 0.468 e. The summed E-state index contributed by atoms with van der Waals surface area (Å²) in [5.41, 5.74) is 1.27. The summed E-state index contributed by atoms with van der Waals surface area (Å²) in [7, 11) is 0. The van der Waals surface area contributed by atoms with Crippen LogP contribution in [0.5, 0.6) is 0 Å². The summed E-state index contributed by atoms with van der Waals surface area (Å²) < 4.78 is 5.43.